The molecule has 0 spiro atoms. The number of rotatable bonds is 8. The van der Waals surface area contributed by atoms with Gasteiger partial charge in [-0.3, -0.25) is 9.69 Å². The zero-order valence-electron chi connectivity index (χ0n) is 21.3. The van der Waals surface area contributed by atoms with Crippen molar-refractivity contribution in [2.75, 3.05) is 13.2 Å². The highest BCUT2D eigenvalue weighted by molar-refractivity contribution is 7.09. The molecular weight excluding hydrogens is 484 g/mol. The lowest BCUT2D eigenvalue weighted by molar-refractivity contribution is 0.0571. The van der Waals surface area contributed by atoms with E-state index in [1.165, 1.54) is 24.1 Å². The number of pyridine rings is 1. The molecule has 4 aromatic rings. The fourth-order valence-electron chi connectivity index (χ4n) is 5.91. The highest BCUT2D eigenvalue weighted by Crippen LogP contribution is 2.35. The Labute approximate surface area is 220 Å². The van der Waals surface area contributed by atoms with Gasteiger partial charge >= 0.3 is 0 Å². The van der Waals surface area contributed by atoms with Gasteiger partial charge in [0.1, 0.15) is 6.04 Å². The molecule has 2 aliphatic rings. The maximum Gasteiger partial charge on any atom is 0.253 e. The monoisotopic (exact) mass is 518 g/mol. The third kappa shape index (κ3) is 5.26. The van der Waals surface area contributed by atoms with Gasteiger partial charge in [0, 0.05) is 35.7 Å². The van der Waals surface area contributed by atoms with E-state index >= 15 is 0 Å². The number of tetrazole rings is 1. The van der Waals surface area contributed by atoms with Gasteiger partial charge in [-0.1, -0.05) is 37.5 Å². The molecule has 0 bridgehead atoms. The number of fused-ring (bicyclic) bond motifs is 1. The van der Waals surface area contributed by atoms with Crippen molar-refractivity contribution in [2.45, 2.75) is 76.6 Å². The largest absolute Gasteiger partial charge is 0.377 e. The van der Waals surface area contributed by atoms with Crippen LogP contribution in [0.15, 0.2) is 46.6 Å². The molecule has 0 radical (unpaired) electrons. The van der Waals surface area contributed by atoms with Gasteiger partial charge < -0.3 is 9.72 Å². The number of thiophene rings is 1. The first-order valence-corrected chi connectivity index (χ1v) is 14.3. The fraction of sp³-hybridized carbons (Fsp3) is 0.500. The summed E-state index contributed by atoms with van der Waals surface area (Å²) in [7, 11) is 0. The Bertz CT molecular complexity index is 1390. The van der Waals surface area contributed by atoms with E-state index in [0.29, 0.717) is 18.7 Å². The second-order valence-electron chi connectivity index (χ2n) is 10.5. The van der Waals surface area contributed by atoms with E-state index in [2.05, 4.69) is 55.1 Å². The second-order valence-corrected chi connectivity index (χ2v) is 11.5. The smallest absolute Gasteiger partial charge is 0.253 e. The predicted octanol–water partition coefficient (Wildman–Crippen LogP) is 5.16. The molecule has 0 unspecified atom stereocenters. The first-order chi connectivity index (χ1) is 18.2. The van der Waals surface area contributed by atoms with Crippen LogP contribution in [0.3, 0.4) is 0 Å². The molecule has 1 aliphatic heterocycles. The van der Waals surface area contributed by atoms with Gasteiger partial charge in [0.2, 0.25) is 0 Å². The summed E-state index contributed by atoms with van der Waals surface area (Å²) in [5, 5.41) is 16.4. The van der Waals surface area contributed by atoms with Crippen LogP contribution in [0.2, 0.25) is 0 Å². The molecule has 1 saturated heterocycles. The van der Waals surface area contributed by atoms with E-state index in [0.717, 1.165) is 54.6 Å². The van der Waals surface area contributed by atoms with Crippen molar-refractivity contribution in [3.8, 4) is 0 Å². The third-order valence-electron chi connectivity index (χ3n) is 7.77. The molecule has 1 saturated carbocycles. The van der Waals surface area contributed by atoms with E-state index in [1.54, 1.807) is 11.3 Å². The van der Waals surface area contributed by atoms with Crippen molar-refractivity contribution in [3.63, 3.8) is 0 Å². The summed E-state index contributed by atoms with van der Waals surface area (Å²) in [6, 6.07) is 12.3. The van der Waals surface area contributed by atoms with Crippen LogP contribution in [-0.4, -0.2) is 49.3 Å². The standard InChI is InChI=1S/C28H34N6O2S/c1-19-11-12-20-16-24(28(35)29-25(20)15-19)26(27-30-31-32-34(27)21-7-3-2-4-8-21)33(17-22-9-5-13-36-22)18-23-10-6-14-37-23/h6,10-12,14-16,21-22,26H,2-5,7-9,13,17-18H2,1H3,(H,29,35)/t22-,26-/m0/s1. The van der Waals surface area contributed by atoms with E-state index in [9.17, 15) is 4.79 Å². The number of nitrogens with one attached hydrogen (secondary N) is 1. The Balaban J connectivity index is 1.49. The van der Waals surface area contributed by atoms with Gasteiger partial charge in [-0.25, -0.2) is 4.68 Å². The van der Waals surface area contributed by atoms with Crippen LogP contribution in [0.4, 0.5) is 0 Å². The van der Waals surface area contributed by atoms with Crippen LogP contribution in [0, 0.1) is 6.92 Å². The number of ether oxygens (including phenoxy) is 1. The Morgan fingerprint density at radius 2 is 2.05 bits per heavy atom. The first-order valence-electron chi connectivity index (χ1n) is 13.4. The molecule has 6 rings (SSSR count). The Morgan fingerprint density at radius 3 is 2.84 bits per heavy atom. The molecule has 3 aromatic heterocycles. The minimum absolute atomic E-state index is 0.0928. The molecule has 0 amide bonds. The van der Waals surface area contributed by atoms with Crippen molar-refractivity contribution in [1.29, 1.82) is 0 Å². The van der Waals surface area contributed by atoms with Crippen LogP contribution < -0.4 is 5.56 Å². The van der Waals surface area contributed by atoms with Gasteiger partial charge in [-0.05, 0) is 77.6 Å². The summed E-state index contributed by atoms with van der Waals surface area (Å²) in [4.78, 5) is 20.5. The number of aromatic nitrogens is 5. The van der Waals surface area contributed by atoms with Crippen LogP contribution in [0.1, 0.15) is 78.9 Å². The van der Waals surface area contributed by atoms with E-state index in [1.807, 2.05) is 23.7 Å². The number of nitrogens with zero attached hydrogens (tertiary/aromatic N) is 5. The molecule has 9 heteroatoms. The molecule has 2 fully saturated rings. The highest BCUT2D eigenvalue weighted by atomic mass is 32.1. The molecule has 2 atom stereocenters. The minimum atomic E-state index is -0.391. The van der Waals surface area contributed by atoms with Crippen molar-refractivity contribution < 1.29 is 4.74 Å². The topological polar surface area (TPSA) is 88.9 Å². The zero-order chi connectivity index (χ0) is 25.2. The Hall–Kier alpha value is -2.88. The second kappa shape index (κ2) is 10.8. The number of aryl methyl sites for hydroxylation is 1. The number of benzene rings is 1. The summed E-state index contributed by atoms with van der Waals surface area (Å²) < 4.78 is 8.10. The SMILES string of the molecule is Cc1ccc2cc([C@@H](c3nnnn3C3CCCCC3)N(Cc3cccs3)C[C@@H]3CCCO3)c(=O)[nH]c2c1. The van der Waals surface area contributed by atoms with Gasteiger partial charge in [-0.15, -0.1) is 16.4 Å². The quantitative estimate of drug-likeness (QED) is 0.347. The fourth-order valence-corrected chi connectivity index (χ4v) is 6.64. The molecule has 1 aromatic carbocycles. The maximum atomic E-state index is 13.7. The predicted molar refractivity (Wildman–Crippen MR) is 145 cm³/mol. The van der Waals surface area contributed by atoms with Crippen LogP contribution in [0.5, 0.6) is 0 Å². The number of H-pyrrole nitrogens is 1. The first kappa shape index (κ1) is 24.5. The summed E-state index contributed by atoms with van der Waals surface area (Å²) in [6.07, 6.45) is 7.96. The molecular formula is C28H34N6O2S. The van der Waals surface area contributed by atoms with Gasteiger partial charge in [0.25, 0.3) is 5.56 Å². The van der Waals surface area contributed by atoms with Crippen LogP contribution >= 0.6 is 11.3 Å². The summed E-state index contributed by atoms with van der Waals surface area (Å²) in [5.41, 5.74) is 2.55. The average molecular weight is 519 g/mol. The third-order valence-corrected chi connectivity index (χ3v) is 8.64. The number of hydrogen-bond acceptors (Lipinski definition) is 7. The molecule has 8 nitrogen and oxygen atoms in total. The number of hydrogen-bond donors (Lipinski definition) is 1. The molecule has 1 aliphatic carbocycles. The number of aromatic amines is 1. The highest BCUT2D eigenvalue weighted by Gasteiger charge is 2.35. The van der Waals surface area contributed by atoms with Crippen molar-refractivity contribution in [3.05, 3.63) is 74.0 Å². The Kier molecular flexibility index (Phi) is 7.17. The van der Waals surface area contributed by atoms with Gasteiger partial charge in [-0.2, -0.15) is 0 Å². The maximum absolute atomic E-state index is 13.7. The zero-order valence-corrected chi connectivity index (χ0v) is 22.1. The molecule has 37 heavy (non-hydrogen) atoms. The lowest BCUT2D eigenvalue weighted by Crippen LogP contribution is -2.39. The van der Waals surface area contributed by atoms with Gasteiger partial charge in [0.05, 0.1) is 12.1 Å². The molecule has 1 N–H and O–H groups in total. The van der Waals surface area contributed by atoms with E-state index in [4.69, 9.17) is 4.74 Å². The van der Waals surface area contributed by atoms with E-state index < -0.39 is 6.04 Å². The normalized spacial score (nSPS) is 19.7. The van der Waals surface area contributed by atoms with Crippen molar-refractivity contribution in [1.82, 2.24) is 30.1 Å². The van der Waals surface area contributed by atoms with Crippen LogP contribution in [0.25, 0.3) is 10.9 Å². The van der Waals surface area contributed by atoms with Crippen molar-refractivity contribution in [2.24, 2.45) is 0 Å². The summed E-state index contributed by atoms with van der Waals surface area (Å²) in [5.74, 6) is 0.749. The summed E-state index contributed by atoms with van der Waals surface area (Å²) >= 11 is 1.73. The lowest BCUT2D eigenvalue weighted by atomic mass is 9.95. The average Bonchev–Trinajstić information content (AvgIpc) is 3.69. The lowest BCUT2D eigenvalue weighted by Gasteiger charge is -2.33. The van der Waals surface area contributed by atoms with Crippen LogP contribution in [-0.2, 0) is 11.3 Å². The Morgan fingerprint density at radius 1 is 1.16 bits per heavy atom. The summed E-state index contributed by atoms with van der Waals surface area (Å²) in [6.45, 7) is 4.24. The van der Waals surface area contributed by atoms with E-state index in [-0.39, 0.29) is 17.7 Å². The minimum Gasteiger partial charge on any atom is -0.377 e. The van der Waals surface area contributed by atoms with Crippen molar-refractivity contribution >= 4 is 22.2 Å². The molecule has 194 valence electrons. The molecule has 4 heterocycles. The van der Waals surface area contributed by atoms with Gasteiger partial charge in [0.15, 0.2) is 5.82 Å².